The highest BCUT2D eigenvalue weighted by atomic mass is 16.6. The maximum atomic E-state index is 10.9. The zero-order valence-electron chi connectivity index (χ0n) is 8.79. The molecule has 0 aliphatic carbocycles. The van der Waals surface area contributed by atoms with E-state index in [1.807, 2.05) is 0 Å². The van der Waals surface area contributed by atoms with E-state index in [-0.39, 0.29) is 11.4 Å². The Morgan fingerprint density at radius 1 is 1.47 bits per heavy atom. The zero-order chi connectivity index (χ0) is 12.3. The first-order valence-electron chi connectivity index (χ1n) is 4.84. The molecule has 0 aliphatic heterocycles. The maximum absolute atomic E-state index is 10.9. The van der Waals surface area contributed by atoms with E-state index in [2.05, 4.69) is 15.0 Å². The van der Waals surface area contributed by atoms with E-state index in [9.17, 15) is 10.1 Å². The second-order valence-corrected chi connectivity index (χ2v) is 3.34. The van der Waals surface area contributed by atoms with Crippen molar-refractivity contribution in [1.82, 2.24) is 5.16 Å². The fraction of sp³-hybridized carbons (Fsp3) is 0.100. The summed E-state index contributed by atoms with van der Waals surface area (Å²) in [5, 5.41) is 17.4. The Hall–Kier alpha value is -2.57. The Morgan fingerprint density at radius 3 is 2.94 bits per heavy atom. The van der Waals surface area contributed by atoms with Gasteiger partial charge in [0.1, 0.15) is 23.3 Å². The van der Waals surface area contributed by atoms with E-state index < -0.39 is 4.92 Å². The molecular weight excluding hydrogens is 224 g/mol. The number of aromatic nitrogens is 1. The van der Waals surface area contributed by atoms with Crippen molar-refractivity contribution in [3.05, 3.63) is 46.3 Å². The van der Waals surface area contributed by atoms with Crippen LogP contribution in [0.25, 0.3) is 0 Å². The third kappa shape index (κ3) is 2.33. The average Bonchev–Trinajstić information content (AvgIpc) is 2.78. The first-order valence-corrected chi connectivity index (χ1v) is 4.84. The van der Waals surface area contributed by atoms with Crippen molar-refractivity contribution in [1.29, 1.82) is 0 Å². The molecule has 3 N–H and O–H groups in total. The van der Waals surface area contributed by atoms with Crippen molar-refractivity contribution in [2.75, 3.05) is 11.1 Å². The minimum Gasteiger partial charge on any atom is -0.393 e. The van der Waals surface area contributed by atoms with Gasteiger partial charge in [-0.15, -0.1) is 0 Å². The van der Waals surface area contributed by atoms with Crippen LogP contribution in [0.3, 0.4) is 0 Å². The van der Waals surface area contributed by atoms with E-state index in [1.165, 1.54) is 12.3 Å². The number of nitrogens with two attached hydrogens (primary N) is 1. The van der Waals surface area contributed by atoms with Gasteiger partial charge in [-0.3, -0.25) is 10.1 Å². The summed E-state index contributed by atoms with van der Waals surface area (Å²) >= 11 is 0. The molecule has 0 saturated heterocycles. The largest absolute Gasteiger partial charge is 0.393 e. The summed E-state index contributed by atoms with van der Waals surface area (Å²) in [6.07, 6.45) is 1.44. The summed E-state index contributed by atoms with van der Waals surface area (Å²) in [6.45, 7) is 0.334. The molecule has 7 nitrogen and oxygen atoms in total. The molecular formula is C10H10N4O3. The van der Waals surface area contributed by atoms with Crippen LogP contribution in [-0.2, 0) is 6.54 Å². The molecule has 1 aromatic heterocycles. The monoisotopic (exact) mass is 234 g/mol. The lowest BCUT2D eigenvalue weighted by molar-refractivity contribution is -0.383. The Bertz CT molecular complexity index is 524. The first kappa shape index (κ1) is 10.9. The molecule has 2 rings (SSSR count). The van der Waals surface area contributed by atoms with Crippen molar-refractivity contribution in [2.45, 2.75) is 6.54 Å². The molecule has 0 radical (unpaired) electrons. The normalized spacial score (nSPS) is 10.1. The van der Waals surface area contributed by atoms with Crippen LogP contribution in [0, 0.1) is 10.1 Å². The molecule has 0 atom stereocenters. The van der Waals surface area contributed by atoms with Crippen molar-refractivity contribution >= 4 is 17.1 Å². The summed E-state index contributed by atoms with van der Waals surface area (Å²) in [5.41, 5.74) is 6.57. The second-order valence-electron chi connectivity index (χ2n) is 3.34. The van der Waals surface area contributed by atoms with Crippen molar-refractivity contribution in [2.24, 2.45) is 0 Å². The number of nitro groups is 1. The number of hydrogen-bond donors (Lipinski definition) is 2. The molecule has 1 aromatic carbocycles. The summed E-state index contributed by atoms with van der Waals surface area (Å²) in [7, 11) is 0. The highest BCUT2D eigenvalue weighted by molar-refractivity contribution is 5.74. The molecule has 0 amide bonds. The van der Waals surface area contributed by atoms with Crippen LogP contribution in [0.15, 0.2) is 35.1 Å². The molecule has 88 valence electrons. The SMILES string of the molecule is Nc1cccc(NCc2ccon2)c1[N+](=O)[O-]. The second kappa shape index (κ2) is 4.52. The fourth-order valence-corrected chi connectivity index (χ4v) is 1.42. The van der Waals surface area contributed by atoms with Gasteiger partial charge in [0.2, 0.25) is 0 Å². The first-order chi connectivity index (χ1) is 8.18. The molecule has 0 fully saturated rings. The standard InChI is InChI=1S/C10H10N4O3/c11-8-2-1-3-9(10(8)14(15)16)12-6-7-4-5-17-13-7/h1-5,12H,6,11H2. The summed E-state index contributed by atoms with van der Waals surface area (Å²) < 4.78 is 4.66. The number of nitrogens with one attached hydrogen (secondary N) is 1. The van der Waals surface area contributed by atoms with E-state index in [4.69, 9.17) is 5.73 Å². The fourth-order valence-electron chi connectivity index (χ4n) is 1.42. The number of rotatable bonds is 4. The van der Waals surface area contributed by atoms with Gasteiger partial charge in [0.15, 0.2) is 0 Å². The minimum atomic E-state index is -0.513. The highest BCUT2D eigenvalue weighted by Crippen LogP contribution is 2.30. The number of hydrogen-bond acceptors (Lipinski definition) is 6. The van der Waals surface area contributed by atoms with Gasteiger partial charge >= 0.3 is 5.69 Å². The molecule has 0 bridgehead atoms. The van der Waals surface area contributed by atoms with E-state index in [0.717, 1.165) is 0 Å². The van der Waals surface area contributed by atoms with Crippen LogP contribution in [-0.4, -0.2) is 10.1 Å². The van der Waals surface area contributed by atoms with Crippen molar-refractivity contribution < 1.29 is 9.45 Å². The van der Waals surface area contributed by atoms with Gasteiger partial charge in [-0.25, -0.2) is 0 Å². The summed E-state index contributed by atoms with van der Waals surface area (Å²) in [6, 6.07) is 6.40. The Morgan fingerprint density at radius 2 is 2.29 bits per heavy atom. The summed E-state index contributed by atoms with van der Waals surface area (Å²) in [4.78, 5) is 10.3. The third-order valence-corrected chi connectivity index (χ3v) is 2.20. The van der Waals surface area contributed by atoms with Gasteiger partial charge in [-0.2, -0.15) is 0 Å². The molecule has 0 saturated carbocycles. The maximum Gasteiger partial charge on any atom is 0.314 e. The lowest BCUT2D eigenvalue weighted by atomic mass is 10.2. The van der Waals surface area contributed by atoms with Gasteiger partial charge in [-0.1, -0.05) is 11.2 Å². The predicted octanol–water partition coefficient (Wildman–Crippen LogP) is 1.78. The highest BCUT2D eigenvalue weighted by Gasteiger charge is 2.17. The molecule has 2 aromatic rings. The molecule has 0 unspecified atom stereocenters. The Labute approximate surface area is 96.4 Å². The van der Waals surface area contributed by atoms with E-state index >= 15 is 0 Å². The van der Waals surface area contributed by atoms with Crippen molar-refractivity contribution in [3.8, 4) is 0 Å². The van der Waals surface area contributed by atoms with Gasteiger partial charge in [0, 0.05) is 6.07 Å². The van der Waals surface area contributed by atoms with Crippen LogP contribution < -0.4 is 11.1 Å². The zero-order valence-corrected chi connectivity index (χ0v) is 8.79. The van der Waals surface area contributed by atoms with Gasteiger partial charge < -0.3 is 15.6 Å². The lowest BCUT2D eigenvalue weighted by Crippen LogP contribution is -2.04. The average molecular weight is 234 g/mol. The number of benzene rings is 1. The molecule has 0 spiro atoms. The van der Waals surface area contributed by atoms with Gasteiger partial charge in [-0.05, 0) is 12.1 Å². The van der Waals surface area contributed by atoms with Crippen LogP contribution in [0.1, 0.15) is 5.69 Å². The van der Waals surface area contributed by atoms with Crippen LogP contribution in [0.5, 0.6) is 0 Å². The van der Waals surface area contributed by atoms with E-state index in [1.54, 1.807) is 18.2 Å². The minimum absolute atomic E-state index is 0.125. The molecule has 0 aliphatic rings. The topological polar surface area (TPSA) is 107 Å². The predicted molar refractivity (Wildman–Crippen MR) is 61.3 cm³/mol. The van der Waals surface area contributed by atoms with Gasteiger partial charge in [0.25, 0.3) is 0 Å². The van der Waals surface area contributed by atoms with E-state index in [0.29, 0.717) is 17.9 Å². The number of anilines is 2. The number of nitrogen functional groups attached to an aromatic ring is 1. The number of nitro benzene ring substituents is 1. The van der Waals surface area contributed by atoms with Crippen LogP contribution in [0.2, 0.25) is 0 Å². The summed E-state index contributed by atoms with van der Waals surface area (Å²) in [5.74, 6) is 0. The smallest absolute Gasteiger partial charge is 0.314 e. The Balaban J connectivity index is 2.21. The third-order valence-electron chi connectivity index (χ3n) is 2.20. The quantitative estimate of drug-likeness (QED) is 0.474. The van der Waals surface area contributed by atoms with Gasteiger partial charge in [0.05, 0.1) is 11.5 Å². The van der Waals surface area contributed by atoms with Crippen LogP contribution in [0.4, 0.5) is 17.1 Å². The molecule has 1 heterocycles. The van der Waals surface area contributed by atoms with Crippen molar-refractivity contribution in [3.63, 3.8) is 0 Å². The lowest BCUT2D eigenvalue weighted by Gasteiger charge is -2.06. The molecule has 7 heteroatoms. The Kier molecular flexibility index (Phi) is 2.91. The number of nitrogens with zero attached hydrogens (tertiary/aromatic N) is 2. The van der Waals surface area contributed by atoms with Crippen LogP contribution >= 0.6 is 0 Å². The molecule has 17 heavy (non-hydrogen) atoms. The number of para-hydroxylation sites is 1.